The molecular weight excluding hydrogens is 578 g/mol. The number of esters is 1. The number of carbonyl (C=O) groups is 2. The molecule has 0 radical (unpaired) electrons. The summed E-state index contributed by atoms with van der Waals surface area (Å²) >= 11 is 0. The van der Waals surface area contributed by atoms with Gasteiger partial charge in [0.15, 0.2) is 0 Å². The first-order chi connectivity index (χ1) is 20.4. The topological polar surface area (TPSA) is 182 Å². The lowest BCUT2D eigenvalue weighted by molar-refractivity contribution is -0.385. The zero-order valence-electron chi connectivity index (χ0n) is 23.3. The van der Waals surface area contributed by atoms with Crippen molar-refractivity contribution in [2.45, 2.75) is 25.7 Å². The van der Waals surface area contributed by atoms with E-state index in [2.05, 4.69) is 15.2 Å². The number of rotatable bonds is 11. The van der Waals surface area contributed by atoms with Gasteiger partial charge in [-0.05, 0) is 69.3 Å². The second kappa shape index (κ2) is 12.6. The largest absolute Gasteiger partial charge is 0.478 e. The molecule has 0 saturated heterocycles. The third-order valence-electron chi connectivity index (χ3n) is 6.36. The summed E-state index contributed by atoms with van der Waals surface area (Å²) < 4.78 is 35.8. The minimum atomic E-state index is -4.50. The number of carbonyl (C=O) groups excluding carboxylic acids is 1. The molecule has 0 aliphatic heterocycles. The molecule has 0 atom stereocenters. The summed E-state index contributed by atoms with van der Waals surface area (Å²) in [5.41, 5.74) is 5.15. The molecule has 1 heterocycles. The number of nitrogens with zero attached hydrogens (tertiary/aromatic N) is 3. The van der Waals surface area contributed by atoms with Crippen molar-refractivity contribution in [3.8, 4) is 5.69 Å². The molecule has 3 aromatic carbocycles. The van der Waals surface area contributed by atoms with Crippen LogP contribution in [0.2, 0.25) is 0 Å². The Morgan fingerprint density at radius 1 is 1.05 bits per heavy atom. The zero-order chi connectivity index (χ0) is 31.3. The highest BCUT2D eigenvalue weighted by atomic mass is 32.2. The van der Waals surface area contributed by atoms with Crippen LogP contribution >= 0.6 is 0 Å². The van der Waals surface area contributed by atoms with E-state index < -0.39 is 37.5 Å². The van der Waals surface area contributed by atoms with Crippen molar-refractivity contribution >= 4 is 45.2 Å². The number of para-hydroxylation sites is 1. The molecule has 0 unspecified atom stereocenters. The summed E-state index contributed by atoms with van der Waals surface area (Å²) in [7, 11) is -4.50. The quantitative estimate of drug-likeness (QED) is 0.0904. The van der Waals surface area contributed by atoms with Gasteiger partial charge in [-0.2, -0.15) is 5.10 Å². The third kappa shape index (κ3) is 6.70. The average Bonchev–Trinajstić information content (AvgIpc) is 3.25. The number of aromatic carboxylic acids is 1. The minimum absolute atomic E-state index is 0.0782. The van der Waals surface area contributed by atoms with Crippen LogP contribution < -0.4 is 10.1 Å². The predicted octanol–water partition coefficient (Wildman–Crippen LogP) is 5.12. The van der Waals surface area contributed by atoms with Crippen LogP contribution in [0.1, 0.15) is 44.6 Å². The molecule has 0 aliphatic rings. The van der Waals surface area contributed by atoms with E-state index >= 15 is 0 Å². The second-order valence-corrected chi connectivity index (χ2v) is 10.8. The van der Waals surface area contributed by atoms with Gasteiger partial charge in [0.05, 0.1) is 40.2 Å². The Bertz CT molecular complexity index is 1850. The van der Waals surface area contributed by atoms with Gasteiger partial charge in [-0.3, -0.25) is 20.3 Å². The van der Waals surface area contributed by atoms with Crippen molar-refractivity contribution in [3.05, 3.63) is 111 Å². The van der Waals surface area contributed by atoms with Gasteiger partial charge in [0, 0.05) is 34.8 Å². The molecule has 0 amide bonds. The van der Waals surface area contributed by atoms with Crippen LogP contribution in [0.3, 0.4) is 0 Å². The van der Waals surface area contributed by atoms with Crippen molar-refractivity contribution in [1.29, 1.82) is 0 Å². The summed E-state index contributed by atoms with van der Waals surface area (Å²) in [6.45, 7) is 5.75. The summed E-state index contributed by atoms with van der Waals surface area (Å²) in [6, 6.07) is 17.3. The van der Waals surface area contributed by atoms with Gasteiger partial charge in [-0.25, -0.2) is 18.0 Å². The molecule has 0 spiro atoms. The fraction of sp³-hybridized carbons (Fsp3) is 0.138. The van der Waals surface area contributed by atoms with Crippen molar-refractivity contribution in [2.24, 2.45) is 5.10 Å². The number of hydrogen-bond acceptors (Lipinski definition) is 9. The molecule has 13 nitrogen and oxygen atoms in total. The number of carboxylic acid groups (broad SMARTS) is 1. The van der Waals surface area contributed by atoms with Gasteiger partial charge in [0.1, 0.15) is 4.90 Å². The number of aromatic nitrogens is 1. The first-order valence-electron chi connectivity index (χ1n) is 12.8. The van der Waals surface area contributed by atoms with Crippen LogP contribution in [-0.4, -0.2) is 47.8 Å². The van der Waals surface area contributed by atoms with E-state index in [-0.39, 0.29) is 23.5 Å². The monoisotopic (exact) mass is 605 g/mol. The number of carboxylic acids is 1. The Balaban J connectivity index is 1.63. The second-order valence-electron chi connectivity index (χ2n) is 9.19. The number of hydrogen-bond donors (Lipinski definition) is 3. The lowest BCUT2D eigenvalue weighted by Crippen LogP contribution is -2.17. The molecule has 1 aromatic heterocycles. The summed E-state index contributed by atoms with van der Waals surface area (Å²) in [4.78, 5) is 33.7. The van der Waals surface area contributed by atoms with E-state index in [1.807, 2.05) is 24.5 Å². The van der Waals surface area contributed by atoms with Crippen molar-refractivity contribution in [1.82, 2.24) is 4.57 Å². The number of anilines is 2. The van der Waals surface area contributed by atoms with E-state index in [4.69, 9.17) is 4.74 Å². The van der Waals surface area contributed by atoms with E-state index in [9.17, 15) is 33.2 Å². The van der Waals surface area contributed by atoms with Gasteiger partial charge >= 0.3 is 11.9 Å². The fourth-order valence-electron chi connectivity index (χ4n) is 4.35. The maximum Gasteiger partial charge on any atom is 0.338 e. The van der Waals surface area contributed by atoms with Gasteiger partial charge < -0.3 is 14.4 Å². The smallest absolute Gasteiger partial charge is 0.338 e. The zero-order valence-corrected chi connectivity index (χ0v) is 24.1. The predicted molar refractivity (Wildman–Crippen MR) is 160 cm³/mol. The van der Waals surface area contributed by atoms with E-state index in [1.54, 1.807) is 31.2 Å². The first-order valence-corrected chi connectivity index (χ1v) is 14.3. The van der Waals surface area contributed by atoms with Crippen molar-refractivity contribution in [3.63, 3.8) is 0 Å². The standard InChI is InChI=1S/C29H27N5O8S/c1-4-42-29(37)20-9-11-22(12-10-20)33-18(2)15-21(19(33)3)17-30-31-26-14-13-23(34(38)39)16-27(26)43(40,41)32-25-8-6-5-7-24(25)28(35)36/h5-17,31-32H,4H2,1-3H3,(H,35,36)/b30-17-. The van der Waals surface area contributed by atoms with Crippen LogP contribution in [0.4, 0.5) is 17.1 Å². The lowest BCUT2D eigenvalue weighted by atomic mass is 10.2. The Hall–Kier alpha value is -5.50. The molecule has 0 bridgehead atoms. The fourth-order valence-corrected chi connectivity index (χ4v) is 5.60. The van der Waals surface area contributed by atoms with Gasteiger partial charge in [0.2, 0.25) is 0 Å². The molecule has 0 aliphatic carbocycles. The number of benzene rings is 3. The molecular formula is C29H27N5O8S. The Morgan fingerprint density at radius 2 is 1.74 bits per heavy atom. The molecule has 43 heavy (non-hydrogen) atoms. The Morgan fingerprint density at radius 3 is 2.40 bits per heavy atom. The van der Waals surface area contributed by atoms with E-state index in [0.29, 0.717) is 11.1 Å². The molecule has 4 rings (SSSR count). The highest BCUT2D eigenvalue weighted by Gasteiger charge is 2.24. The summed E-state index contributed by atoms with van der Waals surface area (Å²) in [5.74, 6) is -1.77. The SMILES string of the molecule is CCOC(=O)c1ccc(-n2c(C)cc(/C=N\Nc3ccc([N+](=O)[O-])cc3S(=O)(=O)Nc3ccccc3C(=O)O)c2C)cc1. The van der Waals surface area contributed by atoms with Crippen LogP contribution in [-0.2, 0) is 14.8 Å². The van der Waals surface area contributed by atoms with Crippen LogP contribution in [0.5, 0.6) is 0 Å². The summed E-state index contributed by atoms with van der Waals surface area (Å²) in [6.07, 6.45) is 1.47. The normalized spacial score (nSPS) is 11.3. The number of nitro benzene ring substituents is 1. The van der Waals surface area contributed by atoms with Gasteiger partial charge in [0.25, 0.3) is 15.7 Å². The summed E-state index contributed by atoms with van der Waals surface area (Å²) in [5, 5.41) is 25.0. The average molecular weight is 606 g/mol. The number of nitro groups is 1. The molecule has 0 saturated carbocycles. The minimum Gasteiger partial charge on any atom is -0.478 e. The highest BCUT2D eigenvalue weighted by Crippen LogP contribution is 2.29. The molecule has 222 valence electrons. The van der Waals surface area contributed by atoms with Crippen LogP contribution in [0, 0.1) is 24.0 Å². The van der Waals surface area contributed by atoms with Crippen LogP contribution in [0.25, 0.3) is 5.69 Å². The van der Waals surface area contributed by atoms with E-state index in [0.717, 1.165) is 29.2 Å². The van der Waals surface area contributed by atoms with Gasteiger partial charge in [-0.15, -0.1) is 0 Å². The Labute approximate surface area is 246 Å². The molecule has 0 fully saturated rings. The number of ether oxygens (including phenoxy) is 1. The first kappa shape index (κ1) is 30.5. The highest BCUT2D eigenvalue weighted by molar-refractivity contribution is 7.93. The molecule has 14 heteroatoms. The number of hydrazone groups is 1. The maximum atomic E-state index is 13.3. The molecule has 4 aromatic rings. The molecule has 3 N–H and O–H groups in total. The number of nitrogens with one attached hydrogen (secondary N) is 2. The number of sulfonamides is 1. The third-order valence-corrected chi connectivity index (χ3v) is 7.77. The Kier molecular flexibility index (Phi) is 8.90. The van der Waals surface area contributed by atoms with E-state index in [1.165, 1.54) is 36.5 Å². The van der Waals surface area contributed by atoms with Gasteiger partial charge in [-0.1, -0.05) is 12.1 Å². The lowest BCUT2D eigenvalue weighted by Gasteiger charge is -2.13. The van der Waals surface area contributed by atoms with Crippen molar-refractivity contribution in [2.75, 3.05) is 16.8 Å². The van der Waals surface area contributed by atoms with Crippen molar-refractivity contribution < 1.29 is 32.8 Å². The van der Waals surface area contributed by atoms with Crippen LogP contribution in [0.15, 0.2) is 82.8 Å². The maximum absolute atomic E-state index is 13.3. The number of non-ortho nitro benzene ring substituents is 1. The number of aryl methyl sites for hydroxylation is 1.